The summed E-state index contributed by atoms with van der Waals surface area (Å²) in [6.07, 6.45) is 4.38. The van der Waals surface area contributed by atoms with Crippen molar-refractivity contribution in [1.29, 1.82) is 0 Å². The van der Waals surface area contributed by atoms with E-state index in [1.807, 2.05) is 12.1 Å². The van der Waals surface area contributed by atoms with Crippen molar-refractivity contribution in [2.75, 3.05) is 31.6 Å². The molecule has 1 amide bonds. The van der Waals surface area contributed by atoms with Crippen LogP contribution >= 0.6 is 0 Å². The molecule has 1 saturated carbocycles. The fourth-order valence-electron chi connectivity index (χ4n) is 2.69. The quantitative estimate of drug-likeness (QED) is 0.756. The van der Waals surface area contributed by atoms with Gasteiger partial charge in [0.1, 0.15) is 0 Å². The van der Waals surface area contributed by atoms with E-state index < -0.39 is 0 Å². The Balaban J connectivity index is 1.34. The first-order chi connectivity index (χ1) is 10.3. The van der Waals surface area contributed by atoms with Crippen LogP contribution in [-0.4, -0.2) is 32.2 Å². The number of rotatable bonds is 7. The second-order valence-corrected chi connectivity index (χ2v) is 6.10. The molecule has 1 aromatic carbocycles. The Bertz CT molecular complexity index is 485. The van der Waals surface area contributed by atoms with Gasteiger partial charge in [-0.15, -0.1) is 0 Å². The summed E-state index contributed by atoms with van der Waals surface area (Å²) in [5, 5.41) is 6.37. The summed E-state index contributed by atoms with van der Waals surface area (Å²) in [4.78, 5) is 12.2. The van der Waals surface area contributed by atoms with Gasteiger partial charge in [-0.1, -0.05) is 18.2 Å². The summed E-state index contributed by atoms with van der Waals surface area (Å²) in [6, 6.07) is 8.21. The predicted octanol–water partition coefficient (Wildman–Crippen LogP) is 2.20. The molecule has 3 rings (SSSR count). The number of anilines is 1. The normalized spacial score (nSPS) is 20.5. The number of carbonyl (C=O) groups excluding carboxylic acids is 1. The van der Waals surface area contributed by atoms with Crippen LogP contribution in [0.3, 0.4) is 0 Å². The van der Waals surface area contributed by atoms with Crippen LogP contribution in [0.4, 0.5) is 5.69 Å². The molecule has 1 unspecified atom stereocenters. The van der Waals surface area contributed by atoms with Crippen LogP contribution in [-0.2, 0) is 16.0 Å². The minimum atomic E-state index is 0.0345. The van der Waals surface area contributed by atoms with Gasteiger partial charge in [0, 0.05) is 32.0 Å². The van der Waals surface area contributed by atoms with Crippen LogP contribution in [0.15, 0.2) is 24.3 Å². The van der Waals surface area contributed by atoms with Crippen LogP contribution in [0.1, 0.15) is 24.8 Å². The fraction of sp³-hybridized carbons (Fsp3) is 0.588. The molecule has 4 nitrogen and oxygen atoms in total. The van der Waals surface area contributed by atoms with E-state index in [0.717, 1.165) is 44.2 Å². The highest BCUT2D eigenvalue weighted by Gasteiger charge is 2.24. The Morgan fingerprint density at radius 3 is 3.05 bits per heavy atom. The molecule has 0 aromatic heterocycles. The number of nitrogens with one attached hydrogen (secondary N) is 2. The summed E-state index contributed by atoms with van der Waals surface area (Å²) in [5.74, 6) is 0.999. The third-order valence-electron chi connectivity index (χ3n) is 4.21. The zero-order chi connectivity index (χ0) is 14.5. The maximum atomic E-state index is 12.2. The third-order valence-corrected chi connectivity index (χ3v) is 4.21. The van der Waals surface area contributed by atoms with Gasteiger partial charge < -0.3 is 15.4 Å². The van der Waals surface area contributed by atoms with Crippen LogP contribution in [0, 0.1) is 11.8 Å². The average Bonchev–Trinajstić information content (AvgIpc) is 3.34. The molecule has 0 saturated heterocycles. The smallest absolute Gasteiger partial charge is 0.225 e. The number of hydrogen-bond donors (Lipinski definition) is 2. The summed E-state index contributed by atoms with van der Waals surface area (Å²) in [6.45, 7) is 3.09. The lowest BCUT2D eigenvalue weighted by Crippen LogP contribution is -2.38. The maximum absolute atomic E-state index is 12.2. The number of carbonyl (C=O) groups is 1. The molecule has 4 heteroatoms. The van der Waals surface area contributed by atoms with Gasteiger partial charge in [0.05, 0.1) is 5.92 Å². The minimum absolute atomic E-state index is 0.0345. The van der Waals surface area contributed by atoms with Crippen molar-refractivity contribution < 1.29 is 9.53 Å². The molecular formula is C17H24N2O2. The van der Waals surface area contributed by atoms with Gasteiger partial charge in [0.2, 0.25) is 5.91 Å². The highest BCUT2D eigenvalue weighted by molar-refractivity contribution is 5.80. The lowest BCUT2D eigenvalue weighted by atomic mass is 9.93. The van der Waals surface area contributed by atoms with Crippen molar-refractivity contribution in [1.82, 2.24) is 5.32 Å². The third kappa shape index (κ3) is 4.21. The Kier molecular flexibility index (Phi) is 4.76. The summed E-state index contributed by atoms with van der Waals surface area (Å²) >= 11 is 0. The Labute approximate surface area is 126 Å². The van der Waals surface area contributed by atoms with Crippen molar-refractivity contribution in [2.45, 2.75) is 25.7 Å². The summed E-state index contributed by atoms with van der Waals surface area (Å²) in [7, 11) is 0. The first kappa shape index (κ1) is 14.4. The minimum Gasteiger partial charge on any atom is -0.384 e. The van der Waals surface area contributed by atoms with Gasteiger partial charge in [-0.3, -0.25) is 4.79 Å². The summed E-state index contributed by atoms with van der Waals surface area (Å²) in [5.41, 5.74) is 2.40. The van der Waals surface area contributed by atoms with Gasteiger partial charge in [0.15, 0.2) is 0 Å². The Hall–Kier alpha value is -1.55. The van der Waals surface area contributed by atoms with E-state index in [0.29, 0.717) is 6.54 Å². The first-order valence-corrected chi connectivity index (χ1v) is 8.00. The van der Waals surface area contributed by atoms with E-state index in [4.69, 9.17) is 4.74 Å². The van der Waals surface area contributed by atoms with E-state index in [1.165, 1.54) is 18.4 Å². The molecule has 1 fully saturated rings. The molecule has 0 bridgehead atoms. The SMILES string of the molecule is O=C(NCCCOCC1CC1)C1CNc2ccccc2C1. The highest BCUT2D eigenvalue weighted by atomic mass is 16.5. The van der Waals surface area contributed by atoms with Gasteiger partial charge in [-0.2, -0.15) is 0 Å². The number of para-hydroxylation sites is 1. The molecule has 0 radical (unpaired) electrons. The van der Waals surface area contributed by atoms with Gasteiger partial charge in [-0.05, 0) is 43.2 Å². The molecule has 114 valence electrons. The zero-order valence-electron chi connectivity index (χ0n) is 12.4. The summed E-state index contributed by atoms with van der Waals surface area (Å²) < 4.78 is 5.57. The Morgan fingerprint density at radius 2 is 2.19 bits per heavy atom. The van der Waals surface area contributed by atoms with Gasteiger partial charge >= 0.3 is 0 Å². The molecule has 1 aliphatic heterocycles. The molecule has 1 aliphatic carbocycles. The topological polar surface area (TPSA) is 50.4 Å². The lowest BCUT2D eigenvalue weighted by Gasteiger charge is -2.25. The van der Waals surface area contributed by atoms with Gasteiger partial charge in [0.25, 0.3) is 0 Å². The van der Waals surface area contributed by atoms with Crippen molar-refractivity contribution in [3.05, 3.63) is 29.8 Å². The number of amides is 1. The molecule has 1 heterocycles. The lowest BCUT2D eigenvalue weighted by molar-refractivity contribution is -0.124. The molecule has 21 heavy (non-hydrogen) atoms. The molecular weight excluding hydrogens is 264 g/mol. The molecule has 2 aliphatic rings. The number of hydrogen-bond acceptors (Lipinski definition) is 3. The zero-order valence-corrected chi connectivity index (χ0v) is 12.4. The van der Waals surface area contributed by atoms with Crippen molar-refractivity contribution in [2.24, 2.45) is 11.8 Å². The van der Waals surface area contributed by atoms with E-state index in [-0.39, 0.29) is 11.8 Å². The standard InChI is InChI=1S/C17H24N2O2/c20-17(18-8-3-9-21-12-13-6-7-13)15-10-14-4-1-2-5-16(14)19-11-15/h1-2,4-5,13,15,19H,3,6-12H2,(H,18,20). The monoisotopic (exact) mass is 288 g/mol. The van der Waals surface area contributed by atoms with Crippen molar-refractivity contribution in [3.63, 3.8) is 0 Å². The molecule has 1 atom stereocenters. The average molecular weight is 288 g/mol. The van der Waals surface area contributed by atoms with E-state index in [9.17, 15) is 4.79 Å². The molecule has 0 spiro atoms. The number of benzene rings is 1. The van der Waals surface area contributed by atoms with Gasteiger partial charge in [-0.25, -0.2) is 0 Å². The fourth-order valence-corrected chi connectivity index (χ4v) is 2.69. The van der Waals surface area contributed by atoms with E-state index in [2.05, 4.69) is 22.8 Å². The maximum Gasteiger partial charge on any atom is 0.225 e. The van der Waals surface area contributed by atoms with Crippen LogP contribution < -0.4 is 10.6 Å². The molecule has 2 N–H and O–H groups in total. The largest absolute Gasteiger partial charge is 0.384 e. The van der Waals surface area contributed by atoms with Crippen molar-refractivity contribution in [3.8, 4) is 0 Å². The molecule has 1 aromatic rings. The van der Waals surface area contributed by atoms with Crippen LogP contribution in [0.2, 0.25) is 0 Å². The predicted molar refractivity (Wildman–Crippen MR) is 83.3 cm³/mol. The van der Waals surface area contributed by atoms with Crippen LogP contribution in [0.5, 0.6) is 0 Å². The number of ether oxygens (including phenoxy) is 1. The van der Waals surface area contributed by atoms with E-state index >= 15 is 0 Å². The number of fused-ring (bicyclic) bond motifs is 1. The highest BCUT2D eigenvalue weighted by Crippen LogP contribution is 2.28. The second-order valence-electron chi connectivity index (χ2n) is 6.10. The second kappa shape index (κ2) is 6.94. The van der Waals surface area contributed by atoms with Crippen molar-refractivity contribution >= 4 is 11.6 Å². The van der Waals surface area contributed by atoms with E-state index in [1.54, 1.807) is 0 Å². The Morgan fingerprint density at radius 1 is 1.33 bits per heavy atom. The van der Waals surface area contributed by atoms with Crippen LogP contribution in [0.25, 0.3) is 0 Å². The first-order valence-electron chi connectivity index (χ1n) is 8.00.